The molecule has 0 radical (unpaired) electrons. The SMILES string of the molecule is NS(=O)(=O)c1ccc(OCCN2CC=C(c3c[nH]c4ccccc34)CC2)cc1. The minimum Gasteiger partial charge on any atom is -0.492 e. The van der Waals surface area contributed by atoms with Crippen LogP contribution in [0.1, 0.15) is 12.0 Å². The molecule has 1 aliphatic heterocycles. The average molecular weight is 398 g/mol. The summed E-state index contributed by atoms with van der Waals surface area (Å²) in [5, 5.41) is 6.37. The highest BCUT2D eigenvalue weighted by atomic mass is 32.2. The molecular weight excluding hydrogens is 374 g/mol. The first-order valence-corrected chi connectivity index (χ1v) is 10.8. The lowest BCUT2D eigenvalue weighted by molar-refractivity contribution is 0.222. The predicted octanol–water partition coefficient (Wildman–Crippen LogP) is 2.98. The summed E-state index contributed by atoms with van der Waals surface area (Å²) in [5.41, 5.74) is 3.84. The van der Waals surface area contributed by atoms with Gasteiger partial charge in [-0.1, -0.05) is 24.3 Å². The topological polar surface area (TPSA) is 88.4 Å². The molecule has 1 aliphatic rings. The molecule has 7 heteroatoms. The number of hydrogen-bond donors (Lipinski definition) is 2. The van der Waals surface area contributed by atoms with Crippen molar-refractivity contribution in [2.24, 2.45) is 5.14 Å². The molecule has 0 amide bonds. The predicted molar refractivity (Wildman–Crippen MR) is 111 cm³/mol. The molecule has 6 nitrogen and oxygen atoms in total. The van der Waals surface area contributed by atoms with Crippen LogP contribution in [0, 0.1) is 0 Å². The largest absolute Gasteiger partial charge is 0.492 e. The number of fused-ring (bicyclic) bond motifs is 1. The van der Waals surface area contributed by atoms with Gasteiger partial charge >= 0.3 is 0 Å². The zero-order valence-corrected chi connectivity index (χ0v) is 16.3. The molecule has 2 aromatic carbocycles. The third-order valence-corrected chi connectivity index (χ3v) is 5.99. The Bertz CT molecular complexity index is 1100. The summed E-state index contributed by atoms with van der Waals surface area (Å²) in [6.45, 7) is 3.24. The highest BCUT2D eigenvalue weighted by Gasteiger charge is 2.15. The number of nitrogens with one attached hydrogen (secondary N) is 1. The average Bonchev–Trinajstić information content (AvgIpc) is 3.12. The summed E-state index contributed by atoms with van der Waals surface area (Å²) < 4.78 is 28.3. The number of sulfonamides is 1. The van der Waals surface area contributed by atoms with Crippen molar-refractivity contribution in [2.45, 2.75) is 11.3 Å². The number of rotatable bonds is 6. The van der Waals surface area contributed by atoms with E-state index in [0.717, 1.165) is 26.1 Å². The second-order valence-corrected chi connectivity index (χ2v) is 8.45. The number of aromatic amines is 1. The molecule has 0 fully saturated rings. The molecule has 0 atom stereocenters. The van der Waals surface area contributed by atoms with Crippen molar-refractivity contribution < 1.29 is 13.2 Å². The smallest absolute Gasteiger partial charge is 0.238 e. The summed E-state index contributed by atoms with van der Waals surface area (Å²) in [4.78, 5) is 5.78. The number of nitrogens with zero attached hydrogens (tertiary/aromatic N) is 1. The lowest BCUT2D eigenvalue weighted by Crippen LogP contribution is -2.32. The molecule has 146 valence electrons. The number of nitrogens with two attached hydrogens (primary N) is 1. The maximum atomic E-state index is 11.3. The lowest BCUT2D eigenvalue weighted by Gasteiger charge is -2.26. The van der Waals surface area contributed by atoms with Gasteiger partial charge in [0.05, 0.1) is 4.90 Å². The van der Waals surface area contributed by atoms with E-state index >= 15 is 0 Å². The summed E-state index contributed by atoms with van der Waals surface area (Å²) in [6, 6.07) is 14.6. The summed E-state index contributed by atoms with van der Waals surface area (Å²) in [6.07, 6.45) is 5.39. The quantitative estimate of drug-likeness (QED) is 0.669. The lowest BCUT2D eigenvalue weighted by atomic mass is 9.99. The van der Waals surface area contributed by atoms with E-state index < -0.39 is 10.0 Å². The zero-order chi connectivity index (χ0) is 19.6. The van der Waals surface area contributed by atoms with E-state index in [1.807, 2.05) is 6.07 Å². The van der Waals surface area contributed by atoms with E-state index in [2.05, 4.69) is 40.4 Å². The van der Waals surface area contributed by atoms with Crippen LogP contribution in [-0.2, 0) is 10.0 Å². The van der Waals surface area contributed by atoms with Gasteiger partial charge in [0, 0.05) is 42.3 Å². The van der Waals surface area contributed by atoms with Crippen LogP contribution in [-0.4, -0.2) is 44.5 Å². The number of primary sulfonamides is 1. The zero-order valence-electron chi connectivity index (χ0n) is 15.5. The highest BCUT2D eigenvalue weighted by molar-refractivity contribution is 7.89. The molecule has 28 heavy (non-hydrogen) atoms. The Morgan fingerprint density at radius 2 is 1.89 bits per heavy atom. The van der Waals surface area contributed by atoms with Crippen LogP contribution in [0.15, 0.2) is 65.7 Å². The van der Waals surface area contributed by atoms with E-state index in [0.29, 0.717) is 12.4 Å². The van der Waals surface area contributed by atoms with Crippen LogP contribution >= 0.6 is 0 Å². The summed E-state index contributed by atoms with van der Waals surface area (Å²) in [7, 11) is -3.67. The Kier molecular flexibility index (Phi) is 5.21. The van der Waals surface area contributed by atoms with Gasteiger partial charge in [-0.3, -0.25) is 4.90 Å². The first kappa shape index (κ1) is 18.7. The molecule has 0 saturated carbocycles. The van der Waals surface area contributed by atoms with E-state index in [-0.39, 0.29) is 4.90 Å². The Morgan fingerprint density at radius 3 is 2.61 bits per heavy atom. The van der Waals surface area contributed by atoms with Crippen LogP contribution in [0.5, 0.6) is 5.75 Å². The maximum Gasteiger partial charge on any atom is 0.238 e. The number of H-pyrrole nitrogens is 1. The minimum absolute atomic E-state index is 0.0887. The van der Waals surface area contributed by atoms with Crippen molar-refractivity contribution in [1.29, 1.82) is 0 Å². The van der Waals surface area contributed by atoms with Gasteiger partial charge in [-0.2, -0.15) is 0 Å². The van der Waals surface area contributed by atoms with Crippen molar-refractivity contribution in [3.8, 4) is 5.75 Å². The van der Waals surface area contributed by atoms with Crippen molar-refractivity contribution >= 4 is 26.5 Å². The second-order valence-electron chi connectivity index (χ2n) is 6.89. The van der Waals surface area contributed by atoms with Gasteiger partial charge in [-0.15, -0.1) is 0 Å². The molecule has 1 aromatic heterocycles. The van der Waals surface area contributed by atoms with Gasteiger partial charge in [0.25, 0.3) is 0 Å². The number of para-hydroxylation sites is 1. The first-order chi connectivity index (χ1) is 13.5. The van der Waals surface area contributed by atoms with E-state index in [1.54, 1.807) is 12.1 Å². The monoisotopic (exact) mass is 397 g/mol. The molecule has 0 bridgehead atoms. The Morgan fingerprint density at radius 1 is 1.11 bits per heavy atom. The molecule has 0 spiro atoms. The van der Waals surface area contributed by atoms with Crippen molar-refractivity contribution in [3.05, 3.63) is 66.4 Å². The Hall–Kier alpha value is -2.61. The van der Waals surface area contributed by atoms with Gasteiger partial charge in [-0.05, 0) is 42.3 Å². The molecule has 3 aromatic rings. The van der Waals surface area contributed by atoms with Crippen molar-refractivity contribution in [3.63, 3.8) is 0 Å². The van der Waals surface area contributed by atoms with Gasteiger partial charge in [-0.25, -0.2) is 13.6 Å². The van der Waals surface area contributed by atoms with Crippen LogP contribution in [0.2, 0.25) is 0 Å². The number of hydrogen-bond acceptors (Lipinski definition) is 4. The Labute approximate surface area is 164 Å². The highest BCUT2D eigenvalue weighted by Crippen LogP contribution is 2.29. The molecule has 0 aliphatic carbocycles. The van der Waals surface area contributed by atoms with Gasteiger partial charge < -0.3 is 9.72 Å². The fourth-order valence-electron chi connectivity index (χ4n) is 3.51. The third kappa shape index (κ3) is 4.11. The molecular formula is C21H23N3O3S. The van der Waals surface area contributed by atoms with Crippen LogP contribution in [0.25, 0.3) is 16.5 Å². The third-order valence-electron chi connectivity index (χ3n) is 5.06. The van der Waals surface area contributed by atoms with Crippen molar-refractivity contribution in [2.75, 3.05) is 26.2 Å². The maximum absolute atomic E-state index is 11.3. The molecule has 0 saturated heterocycles. The van der Waals surface area contributed by atoms with E-state index in [1.165, 1.54) is 34.2 Å². The van der Waals surface area contributed by atoms with Gasteiger partial charge in [0.2, 0.25) is 10.0 Å². The van der Waals surface area contributed by atoms with E-state index in [9.17, 15) is 8.42 Å². The fraction of sp³-hybridized carbons (Fsp3) is 0.238. The van der Waals surface area contributed by atoms with Gasteiger partial charge in [0.15, 0.2) is 0 Å². The van der Waals surface area contributed by atoms with E-state index in [4.69, 9.17) is 9.88 Å². The summed E-state index contributed by atoms with van der Waals surface area (Å²) in [5.74, 6) is 0.638. The fourth-order valence-corrected chi connectivity index (χ4v) is 4.03. The summed E-state index contributed by atoms with van der Waals surface area (Å²) >= 11 is 0. The first-order valence-electron chi connectivity index (χ1n) is 9.24. The second kappa shape index (κ2) is 7.79. The molecule has 4 rings (SSSR count). The minimum atomic E-state index is -3.67. The Balaban J connectivity index is 1.31. The molecule has 0 unspecified atom stereocenters. The van der Waals surface area contributed by atoms with Crippen LogP contribution in [0.4, 0.5) is 0 Å². The normalized spacial score (nSPS) is 15.5. The van der Waals surface area contributed by atoms with Crippen molar-refractivity contribution in [1.82, 2.24) is 9.88 Å². The standard InChI is InChI=1S/C21H23N3O3S/c22-28(25,26)18-7-5-17(6-8-18)27-14-13-24-11-9-16(10-12-24)20-15-23-21-4-2-1-3-19(20)21/h1-9,15,23H,10-14H2,(H2,22,25,26). The number of ether oxygens (including phenoxy) is 1. The van der Waals surface area contributed by atoms with Crippen LogP contribution < -0.4 is 9.88 Å². The van der Waals surface area contributed by atoms with Gasteiger partial charge in [0.1, 0.15) is 12.4 Å². The number of benzene rings is 2. The molecule has 2 heterocycles. The van der Waals surface area contributed by atoms with Crippen LogP contribution in [0.3, 0.4) is 0 Å². The molecule has 3 N–H and O–H groups in total. The number of aromatic nitrogens is 1.